The van der Waals surface area contributed by atoms with Crippen LogP contribution in [0.4, 0.5) is 11.4 Å². The van der Waals surface area contributed by atoms with Crippen LogP contribution in [0, 0.1) is 0 Å². The summed E-state index contributed by atoms with van der Waals surface area (Å²) in [5.41, 5.74) is 2.51. The van der Waals surface area contributed by atoms with Crippen LogP contribution in [-0.4, -0.2) is 54.3 Å². The summed E-state index contributed by atoms with van der Waals surface area (Å²) in [4.78, 5) is 52.6. The van der Waals surface area contributed by atoms with Gasteiger partial charge in [-0.1, -0.05) is 12.1 Å². The van der Waals surface area contributed by atoms with Crippen molar-refractivity contribution in [1.29, 1.82) is 0 Å². The Morgan fingerprint density at radius 1 is 1.07 bits per heavy atom. The first-order chi connectivity index (χ1) is 14.5. The second kappa shape index (κ2) is 6.98. The van der Waals surface area contributed by atoms with Crippen LogP contribution in [0.5, 0.6) is 0 Å². The van der Waals surface area contributed by atoms with Gasteiger partial charge in [0.2, 0.25) is 5.91 Å². The molecule has 0 aliphatic carbocycles. The monoisotopic (exact) mass is 405 g/mol. The van der Waals surface area contributed by atoms with E-state index in [0.717, 1.165) is 30.0 Å². The maximum atomic E-state index is 12.5. The molecule has 1 fully saturated rings. The Balaban J connectivity index is 1.24. The fraction of sp³-hybridized carbons (Fsp3) is 0.273. The number of nitrogens with one attached hydrogen (secondary N) is 1. The summed E-state index contributed by atoms with van der Waals surface area (Å²) in [7, 11) is 0. The quantitative estimate of drug-likeness (QED) is 0.618. The van der Waals surface area contributed by atoms with Crippen molar-refractivity contribution < 1.29 is 23.9 Å². The molecular weight excluding hydrogens is 386 g/mol. The minimum atomic E-state index is -0.577. The molecule has 0 bridgehead atoms. The largest absolute Gasteiger partial charge is 0.460 e. The topological polar surface area (TPSA) is 96.0 Å². The normalized spacial score (nSPS) is 19.3. The number of esters is 1. The molecule has 152 valence electrons. The molecule has 3 heterocycles. The highest BCUT2D eigenvalue weighted by atomic mass is 16.5. The van der Waals surface area contributed by atoms with Gasteiger partial charge >= 0.3 is 5.97 Å². The van der Waals surface area contributed by atoms with Crippen LogP contribution in [-0.2, 0) is 9.53 Å². The lowest BCUT2D eigenvalue weighted by atomic mass is 10.1. The van der Waals surface area contributed by atoms with E-state index in [1.807, 2.05) is 6.07 Å². The third-order valence-electron chi connectivity index (χ3n) is 5.78. The Kier molecular flexibility index (Phi) is 4.27. The van der Waals surface area contributed by atoms with E-state index in [4.69, 9.17) is 4.74 Å². The van der Waals surface area contributed by atoms with Gasteiger partial charge < -0.3 is 15.0 Å². The molecule has 1 N–H and O–H groups in total. The Morgan fingerprint density at radius 3 is 2.53 bits per heavy atom. The molecule has 0 radical (unpaired) electrons. The van der Waals surface area contributed by atoms with E-state index in [1.165, 1.54) is 0 Å². The highest BCUT2D eigenvalue weighted by Gasteiger charge is 2.37. The van der Waals surface area contributed by atoms with Crippen LogP contribution in [0.25, 0.3) is 0 Å². The van der Waals surface area contributed by atoms with Gasteiger partial charge in [-0.25, -0.2) is 4.79 Å². The molecule has 30 heavy (non-hydrogen) atoms. The molecule has 1 saturated heterocycles. The van der Waals surface area contributed by atoms with Crippen molar-refractivity contribution >= 4 is 35.1 Å². The predicted octanol–water partition coefficient (Wildman–Crippen LogP) is 2.06. The summed E-state index contributed by atoms with van der Waals surface area (Å²) in [5.74, 6) is -1.41. The van der Waals surface area contributed by atoms with Crippen molar-refractivity contribution in [1.82, 2.24) is 4.90 Å². The molecule has 0 aromatic heterocycles. The molecule has 2 aromatic carbocycles. The third-order valence-corrected chi connectivity index (χ3v) is 5.78. The molecule has 5 rings (SSSR count). The number of imide groups is 1. The van der Waals surface area contributed by atoms with Gasteiger partial charge in [0.05, 0.1) is 34.6 Å². The van der Waals surface area contributed by atoms with E-state index in [-0.39, 0.29) is 36.9 Å². The number of carbonyl (C=O) groups excluding carboxylic acids is 4. The molecule has 3 amide bonds. The van der Waals surface area contributed by atoms with Gasteiger partial charge in [-0.3, -0.25) is 19.3 Å². The number of rotatable bonds is 4. The summed E-state index contributed by atoms with van der Waals surface area (Å²) >= 11 is 0. The van der Waals surface area contributed by atoms with Crippen LogP contribution >= 0.6 is 0 Å². The second-order valence-electron chi connectivity index (χ2n) is 7.52. The smallest absolute Gasteiger partial charge is 0.338 e. The van der Waals surface area contributed by atoms with Crippen molar-refractivity contribution in [3.8, 4) is 0 Å². The first kappa shape index (κ1) is 18.4. The lowest BCUT2D eigenvalue weighted by Crippen LogP contribution is -2.43. The van der Waals surface area contributed by atoms with Gasteiger partial charge in [-0.2, -0.15) is 0 Å². The van der Waals surface area contributed by atoms with E-state index < -0.39 is 5.97 Å². The molecular formula is C22H19N3O5. The van der Waals surface area contributed by atoms with Crippen molar-refractivity contribution in [2.75, 3.05) is 29.9 Å². The SMILES string of the molecule is O=C(OCCN1C(=O)c2ccccc2C1=O)c1ccc2c(c1)NC(=O)[C@H]1CCCN21. The number of benzene rings is 2. The molecule has 0 saturated carbocycles. The van der Waals surface area contributed by atoms with Crippen LogP contribution in [0.15, 0.2) is 42.5 Å². The Morgan fingerprint density at radius 2 is 1.80 bits per heavy atom. The molecule has 8 nitrogen and oxygen atoms in total. The fourth-order valence-corrected chi connectivity index (χ4v) is 4.31. The Hall–Kier alpha value is -3.68. The summed E-state index contributed by atoms with van der Waals surface area (Å²) in [5, 5.41) is 2.86. The average Bonchev–Trinajstić information content (AvgIpc) is 3.34. The summed E-state index contributed by atoms with van der Waals surface area (Å²) in [6.45, 7) is 0.687. The lowest BCUT2D eigenvalue weighted by molar-refractivity contribution is -0.117. The average molecular weight is 405 g/mol. The van der Waals surface area contributed by atoms with Crippen LogP contribution in [0.1, 0.15) is 43.9 Å². The van der Waals surface area contributed by atoms with Gasteiger partial charge in [0.1, 0.15) is 12.6 Å². The number of carbonyl (C=O) groups is 4. The number of nitrogens with zero attached hydrogens (tertiary/aromatic N) is 2. The van der Waals surface area contributed by atoms with E-state index >= 15 is 0 Å². The molecule has 1 atom stereocenters. The second-order valence-corrected chi connectivity index (χ2v) is 7.52. The summed E-state index contributed by atoms with van der Waals surface area (Å²) in [6.07, 6.45) is 1.78. The maximum Gasteiger partial charge on any atom is 0.338 e. The molecule has 3 aliphatic rings. The third kappa shape index (κ3) is 2.83. The van der Waals surface area contributed by atoms with Crippen molar-refractivity contribution in [3.63, 3.8) is 0 Å². The number of ether oxygens (including phenoxy) is 1. The standard InChI is InChI=1S/C22H19N3O5/c26-19-18-6-3-9-24(18)17-8-7-13(12-16(17)23-19)22(29)30-11-10-25-20(27)14-4-1-2-5-15(14)21(25)28/h1-2,4-5,7-8,12,18H,3,6,9-11H2,(H,23,26)/t18-/m1/s1. The number of hydrogen-bond donors (Lipinski definition) is 1. The highest BCUT2D eigenvalue weighted by molar-refractivity contribution is 6.21. The first-order valence-electron chi connectivity index (χ1n) is 9.88. The van der Waals surface area contributed by atoms with E-state index in [1.54, 1.807) is 36.4 Å². The van der Waals surface area contributed by atoms with Gasteiger partial charge in [0, 0.05) is 6.54 Å². The first-order valence-corrected chi connectivity index (χ1v) is 9.88. The van der Waals surface area contributed by atoms with E-state index in [2.05, 4.69) is 10.2 Å². The minimum Gasteiger partial charge on any atom is -0.460 e. The zero-order valence-electron chi connectivity index (χ0n) is 16.1. The van der Waals surface area contributed by atoms with Gasteiger partial charge in [0.15, 0.2) is 0 Å². The summed E-state index contributed by atoms with van der Waals surface area (Å²) in [6, 6.07) is 11.5. The Labute approximate surface area is 172 Å². The maximum absolute atomic E-state index is 12.5. The number of anilines is 2. The number of fused-ring (bicyclic) bond motifs is 4. The van der Waals surface area contributed by atoms with E-state index in [0.29, 0.717) is 22.4 Å². The summed E-state index contributed by atoms with van der Waals surface area (Å²) < 4.78 is 5.28. The zero-order valence-corrected chi connectivity index (χ0v) is 16.1. The van der Waals surface area contributed by atoms with Crippen LogP contribution in [0.3, 0.4) is 0 Å². The molecule has 2 aromatic rings. The number of hydrogen-bond acceptors (Lipinski definition) is 6. The number of amides is 3. The van der Waals surface area contributed by atoms with E-state index in [9.17, 15) is 19.2 Å². The zero-order chi connectivity index (χ0) is 20.8. The van der Waals surface area contributed by atoms with Crippen LogP contribution < -0.4 is 10.2 Å². The lowest BCUT2D eigenvalue weighted by Gasteiger charge is -2.33. The predicted molar refractivity (Wildman–Crippen MR) is 108 cm³/mol. The van der Waals surface area contributed by atoms with Crippen LogP contribution in [0.2, 0.25) is 0 Å². The van der Waals surface area contributed by atoms with Crippen molar-refractivity contribution in [2.45, 2.75) is 18.9 Å². The van der Waals surface area contributed by atoms with Crippen molar-refractivity contribution in [3.05, 3.63) is 59.2 Å². The van der Waals surface area contributed by atoms with Crippen molar-refractivity contribution in [2.24, 2.45) is 0 Å². The molecule has 0 spiro atoms. The van der Waals surface area contributed by atoms with Gasteiger partial charge in [-0.15, -0.1) is 0 Å². The fourth-order valence-electron chi connectivity index (χ4n) is 4.31. The molecule has 8 heteroatoms. The van der Waals surface area contributed by atoms with Gasteiger partial charge in [-0.05, 0) is 43.2 Å². The Bertz CT molecular complexity index is 1060. The molecule has 0 unspecified atom stereocenters. The molecule has 3 aliphatic heterocycles. The van der Waals surface area contributed by atoms with Gasteiger partial charge in [0.25, 0.3) is 11.8 Å². The minimum absolute atomic E-state index is 0.0186. The highest BCUT2D eigenvalue weighted by Crippen LogP contribution is 2.37.